The Bertz CT molecular complexity index is 694. The van der Waals surface area contributed by atoms with E-state index in [4.69, 9.17) is 9.26 Å². The van der Waals surface area contributed by atoms with Crippen LogP contribution in [0, 0.1) is 0 Å². The average Bonchev–Trinajstić information content (AvgIpc) is 3.03. The van der Waals surface area contributed by atoms with E-state index in [1.165, 1.54) is 0 Å². The number of aromatic nitrogens is 1. The van der Waals surface area contributed by atoms with Gasteiger partial charge in [-0.1, -0.05) is 17.3 Å². The van der Waals surface area contributed by atoms with Crippen LogP contribution in [0.1, 0.15) is 12.6 Å². The first-order valence-electron chi connectivity index (χ1n) is 8.76. The van der Waals surface area contributed by atoms with Gasteiger partial charge in [-0.05, 0) is 19.1 Å². The quantitative estimate of drug-likeness (QED) is 0.802. The van der Waals surface area contributed by atoms with Gasteiger partial charge in [0.25, 0.3) is 0 Å². The fraction of sp³-hybridized carbons (Fsp3) is 0.556. The largest absolute Gasteiger partial charge is 0.389 e. The van der Waals surface area contributed by atoms with E-state index in [9.17, 15) is 9.90 Å². The van der Waals surface area contributed by atoms with Crippen LogP contribution in [0.25, 0.3) is 11.0 Å². The summed E-state index contributed by atoms with van der Waals surface area (Å²) in [7, 11) is 0. The van der Waals surface area contributed by atoms with Crippen molar-refractivity contribution in [2.24, 2.45) is 0 Å². The summed E-state index contributed by atoms with van der Waals surface area (Å²) in [5, 5.41) is 14.8. The van der Waals surface area contributed by atoms with Crippen molar-refractivity contribution in [3.05, 3.63) is 30.0 Å². The lowest BCUT2D eigenvalue weighted by Crippen LogP contribution is -2.51. The van der Waals surface area contributed by atoms with Gasteiger partial charge in [-0.25, -0.2) is 0 Å². The normalized spacial score (nSPS) is 17.1. The standard InChI is InChI=1S/C18H25N3O4/c1-2-24-13-14(22)12-20-7-9-21(10-8-20)18(23)11-16-15-5-3-4-6-17(15)25-19-16/h3-6,14,22H,2,7-13H2,1H3. The number of β-amino-alcohol motifs (C(OH)–C–C–N with tert-alkyl or cyclic N) is 1. The van der Waals surface area contributed by atoms with Gasteiger partial charge in [-0.15, -0.1) is 0 Å². The van der Waals surface area contributed by atoms with Crippen molar-refractivity contribution in [3.8, 4) is 0 Å². The number of aliphatic hydroxyl groups excluding tert-OH is 1. The van der Waals surface area contributed by atoms with E-state index in [2.05, 4.69) is 10.1 Å². The number of hydrogen-bond acceptors (Lipinski definition) is 6. The Morgan fingerprint density at radius 1 is 1.32 bits per heavy atom. The zero-order chi connectivity index (χ0) is 17.6. The first-order chi connectivity index (χ1) is 12.2. The number of carbonyl (C=O) groups excluding carboxylic acids is 1. The Morgan fingerprint density at radius 3 is 2.84 bits per heavy atom. The first-order valence-corrected chi connectivity index (χ1v) is 8.76. The van der Waals surface area contributed by atoms with Crippen LogP contribution >= 0.6 is 0 Å². The van der Waals surface area contributed by atoms with Crippen molar-refractivity contribution < 1.29 is 19.2 Å². The summed E-state index contributed by atoms with van der Waals surface area (Å²) in [6, 6.07) is 7.58. The number of amides is 1. The minimum atomic E-state index is -0.483. The lowest BCUT2D eigenvalue weighted by Gasteiger charge is -2.35. The van der Waals surface area contributed by atoms with Gasteiger partial charge in [-0.2, -0.15) is 0 Å². The van der Waals surface area contributed by atoms with Gasteiger partial charge in [0.15, 0.2) is 5.58 Å². The molecule has 1 amide bonds. The molecule has 0 radical (unpaired) electrons. The van der Waals surface area contributed by atoms with E-state index in [0.717, 1.165) is 18.5 Å². The van der Waals surface area contributed by atoms with Crippen LogP contribution in [0.2, 0.25) is 0 Å². The number of ether oxygens (including phenoxy) is 1. The van der Waals surface area contributed by atoms with Crippen molar-refractivity contribution in [2.45, 2.75) is 19.4 Å². The number of para-hydroxylation sites is 1. The molecule has 1 atom stereocenters. The molecule has 7 nitrogen and oxygen atoms in total. The van der Waals surface area contributed by atoms with Crippen LogP contribution in [0.3, 0.4) is 0 Å². The molecule has 1 aliphatic rings. The Kier molecular flexibility index (Phi) is 6.01. The molecule has 7 heteroatoms. The number of rotatable bonds is 7. The second kappa shape index (κ2) is 8.42. The van der Waals surface area contributed by atoms with Crippen LogP contribution in [0.15, 0.2) is 28.8 Å². The Labute approximate surface area is 147 Å². The minimum absolute atomic E-state index is 0.0635. The highest BCUT2D eigenvalue weighted by molar-refractivity contribution is 5.86. The number of carbonyl (C=O) groups is 1. The van der Waals surface area contributed by atoms with Gasteiger partial charge in [0.1, 0.15) is 5.69 Å². The van der Waals surface area contributed by atoms with Crippen LogP contribution < -0.4 is 0 Å². The zero-order valence-corrected chi connectivity index (χ0v) is 14.6. The molecule has 0 saturated carbocycles. The first kappa shape index (κ1) is 17.8. The maximum absolute atomic E-state index is 12.5. The summed E-state index contributed by atoms with van der Waals surface area (Å²) in [6.07, 6.45) is -0.229. The van der Waals surface area contributed by atoms with Gasteiger partial charge in [0.2, 0.25) is 5.91 Å². The Hall–Kier alpha value is -1.96. The maximum Gasteiger partial charge on any atom is 0.228 e. The number of benzene rings is 1. The summed E-state index contributed by atoms with van der Waals surface area (Å²) >= 11 is 0. The summed E-state index contributed by atoms with van der Waals surface area (Å²) < 4.78 is 10.5. The zero-order valence-electron chi connectivity index (χ0n) is 14.6. The molecule has 3 rings (SSSR count). The van der Waals surface area contributed by atoms with Crippen LogP contribution in [0.5, 0.6) is 0 Å². The fourth-order valence-electron chi connectivity index (χ4n) is 3.11. The van der Waals surface area contributed by atoms with Crippen LogP contribution in [-0.4, -0.2) is 78.0 Å². The van der Waals surface area contributed by atoms with Gasteiger partial charge < -0.3 is 19.3 Å². The number of nitrogens with zero attached hydrogens (tertiary/aromatic N) is 3. The average molecular weight is 347 g/mol. The topological polar surface area (TPSA) is 79.0 Å². The highest BCUT2D eigenvalue weighted by Crippen LogP contribution is 2.19. The molecule has 2 heterocycles. The molecule has 0 aliphatic carbocycles. The van der Waals surface area contributed by atoms with Gasteiger partial charge in [0, 0.05) is 44.7 Å². The predicted molar refractivity (Wildman–Crippen MR) is 93.2 cm³/mol. The third kappa shape index (κ3) is 4.56. The number of hydrogen-bond donors (Lipinski definition) is 1. The molecule has 1 unspecified atom stereocenters. The molecule has 0 bridgehead atoms. The fourth-order valence-corrected chi connectivity index (χ4v) is 3.11. The number of piperazine rings is 1. The Balaban J connectivity index is 1.48. The molecule has 1 fully saturated rings. The summed E-state index contributed by atoms with van der Waals surface area (Å²) in [5.41, 5.74) is 1.40. The molecule has 0 spiro atoms. The monoisotopic (exact) mass is 347 g/mol. The van der Waals surface area contributed by atoms with E-state index in [1.54, 1.807) is 0 Å². The SMILES string of the molecule is CCOCC(O)CN1CCN(C(=O)Cc2noc3ccccc23)CC1. The van der Waals surface area contributed by atoms with Crippen molar-refractivity contribution in [3.63, 3.8) is 0 Å². The maximum atomic E-state index is 12.5. The number of fused-ring (bicyclic) bond motifs is 1. The second-order valence-corrected chi connectivity index (χ2v) is 6.30. The van der Waals surface area contributed by atoms with Gasteiger partial charge >= 0.3 is 0 Å². The highest BCUT2D eigenvalue weighted by atomic mass is 16.5. The smallest absolute Gasteiger partial charge is 0.228 e. The molecular formula is C18H25N3O4. The van der Waals surface area contributed by atoms with E-state index >= 15 is 0 Å². The van der Waals surface area contributed by atoms with E-state index in [1.807, 2.05) is 36.1 Å². The third-order valence-corrected chi connectivity index (χ3v) is 4.48. The van der Waals surface area contributed by atoms with Crippen molar-refractivity contribution in [1.29, 1.82) is 0 Å². The van der Waals surface area contributed by atoms with E-state index in [0.29, 0.717) is 44.1 Å². The minimum Gasteiger partial charge on any atom is -0.389 e. The molecule has 25 heavy (non-hydrogen) atoms. The van der Waals surface area contributed by atoms with Gasteiger partial charge in [-0.3, -0.25) is 9.69 Å². The molecule has 1 N–H and O–H groups in total. The highest BCUT2D eigenvalue weighted by Gasteiger charge is 2.24. The molecule has 1 aromatic carbocycles. The predicted octanol–water partition coefficient (Wildman–Crippen LogP) is 0.912. The lowest BCUT2D eigenvalue weighted by atomic mass is 10.1. The van der Waals surface area contributed by atoms with E-state index in [-0.39, 0.29) is 12.3 Å². The van der Waals surface area contributed by atoms with Crippen LogP contribution in [-0.2, 0) is 16.0 Å². The molecule has 1 aliphatic heterocycles. The molecule has 1 aromatic heterocycles. The Morgan fingerprint density at radius 2 is 2.08 bits per heavy atom. The third-order valence-electron chi connectivity index (χ3n) is 4.48. The molecule has 1 saturated heterocycles. The summed E-state index contributed by atoms with van der Waals surface area (Å²) in [5.74, 6) is 0.0635. The number of aliphatic hydroxyl groups is 1. The molecule has 136 valence electrons. The van der Waals surface area contributed by atoms with Crippen LogP contribution in [0.4, 0.5) is 0 Å². The van der Waals surface area contributed by atoms with Crippen molar-refractivity contribution in [2.75, 3.05) is 45.9 Å². The summed E-state index contributed by atoms with van der Waals surface area (Å²) in [4.78, 5) is 16.6. The van der Waals surface area contributed by atoms with E-state index < -0.39 is 6.10 Å². The summed E-state index contributed by atoms with van der Waals surface area (Å²) in [6.45, 7) is 6.30. The molecule has 2 aromatic rings. The van der Waals surface area contributed by atoms with Gasteiger partial charge in [0.05, 0.1) is 19.1 Å². The van der Waals surface area contributed by atoms with Crippen molar-refractivity contribution >= 4 is 16.9 Å². The lowest BCUT2D eigenvalue weighted by molar-refractivity contribution is -0.132. The second-order valence-electron chi connectivity index (χ2n) is 6.30. The molecular weight excluding hydrogens is 322 g/mol. The van der Waals surface area contributed by atoms with Crippen molar-refractivity contribution in [1.82, 2.24) is 15.0 Å².